The topological polar surface area (TPSA) is 62.5 Å². The molecule has 0 unspecified atom stereocenters. The third-order valence-corrected chi connectivity index (χ3v) is 2.75. The first kappa shape index (κ1) is 11.0. The van der Waals surface area contributed by atoms with E-state index in [1.54, 1.807) is 16.2 Å². The molecule has 0 atom stereocenters. The van der Waals surface area contributed by atoms with E-state index in [2.05, 4.69) is 15.4 Å². The van der Waals surface area contributed by atoms with Gasteiger partial charge in [0.15, 0.2) is 0 Å². The number of hydrogen-bond donors (Lipinski definition) is 1. The Hall–Kier alpha value is -1.47. The van der Waals surface area contributed by atoms with E-state index in [1.165, 1.54) is 11.3 Å². The van der Waals surface area contributed by atoms with E-state index in [0.29, 0.717) is 12.2 Å². The van der Waals surface area contributed by atoms with Gasteiger partial charge in [-0.3, -0.25) is 4.79 Å². The normalized spacial score (nSPS) is 11.2. The Balaban J connectivity index is 1.97. The van der Waals surface area contributed by atoms with Crippen LogP contribution in [0.2, 0.25) is 0 Å². The van der Waals surface area contributed by atoms with E-state index in [1.807, 2.05) is 19.0 Å². The van der Waals surface area contributed by atoms with E-state index in [0.717, 1.165) is 11.5 Å². The summed E-state index contributed by atoms with van der Waals surface area (Å²) in [4.78, 5) is 18.6. The molecule has 1 amide bonds. The second-order valence-electron chi connectivity index (χ2n) is 3.65. The molecular formula is C9H13N5OS. The summed E-state index contributed by atoms with van der Waals surface area (Å²) in [7, 11) is 3.92. The molecule has 0 aromatic carbocycles. The molecule has 16 heavy (non-hydrogen) atoms. The van der Waals surface area contributed by atoms with Crippen LogP contribution in [-0.2, 0) is 0 Å². The highest BCUT2D eigenvalue weighted by Crippen LogP contribution is 2.08. The number of rotatable bonds is 4. The molecule has 0 fully saturated rings. The second kappa shape index (κ2) is 4.58. The molecule has 2 rings (SSSR count). The highest BCUT2D eigenvalue weighted by Gasteiger charge is 2.11. The maximum atomic E-state index is 11.7. The zero-order valence-corrected chi connectivity index (χ0v) is 9.99. The first-order valence-electron chi connectivity index (χ1n) is 4.88. The van der Waals surface area contributed by atoms with Crippen LogP contribution in [0.3, 0.4) is 0 Å². The van der Waals surface area contributed by atoms with Crippen LogP contribution in [0.1, 0.15) is 10.5 Å². The highest BCUT2D eigenvalue weighted by molar-refractivity contribution is 7.14. The van der Waals surface area contributed by atoms with Crippen LogP contribution >= 0.6 is 11.3 Å². The summed E-state index contributed by atoms with van der Waals surface area (Å²) in [6.07, 6.45) is 1.64. The molecular weight excluding hydrogens is 226 g/mol. The van der Waals surface area contributed by atoms with Crippen molar-refractivity contribution < 1.29 is 4.79 Å². The summed E-state index contributed by atoms with van der Waals surface area (Å²) in [5, 5.41) is 6.82. The van der Waals surface area contributed by atoms with E-state index in [9.17, 15) is 4.79 Å². The maximum absolute atomic E-state index is 11.7. The molecule has 6 nitrogen and oxygen atoms in total. The Kier molecular flexibility index (Phi) is 3.16. The predicted molar refractivity (Wildman–Crippen MR) is 61.8 cm³/mol. The third kappa shape index (κ3) is 2.37. The Morgan fingerprint density at radius 1 is 1.62 bits per heavy atom. The van der Waals surface area contributed by atoms with Crippen molar-refractivity contribution in [2.75, 3.05) is 27.2 Å². The van der Waals surface area contributed by atoms with Crippen molar-refractivity contribution in [1.82, 2.24) is 24.8 Å². The average molecular weight is 239 g/mol. The lowest BCUT2D eigenvalue weighted by atomic mass is 10.4. The van der Waals surface area contributed by atoms with Crippen LogP contribution < -0.4 is 5.32 Å². The van der Waals surface area contributed by atoms with Crippen molar-refractivity contribution in [3.8, 4) is 0 Å². The summed E-state index contributed by atoms with van der Waals surface area (Å²) in [6, 6.07) is 0. The van der Waals surface area contributed by atoms with Crippen LogP contribution in [0.25, 0.3) is 4.96 Å². The standard InChI is InChI=1S/C9H13N5OS/c1-13(2)4-3-10-8(15)7-5-14-9(12-7)16-6-11-14/h5-6H,3-4H2,1-2H3,(H,10,15). The first-order valence-corrected chi connectivity index (χ1v) is 5.76. The third-order valence-electron chi connectivity index (χ3n) is 2.06. The Bertz CT molecular complexity index is 460. The molecule has 0 spiro atoms. The van der Waals surface area contributed by atoms with Gasteiger partial charge in [0.1, 0.15) is 11.2 Å². The van der Waals surface area contributed by atoms with Gasteiger partial charge in [0.05, 0.1) is 6.20 Å². The number of fused-ring (bicyclic) bond motifs is 1. The van der Waals surface area contributed by atoms with Crippen LogP contribution in [0.4, 0.5) is 0 Å². The summed E-state index contributed by atoms with van der Waals surface area (Å²) < 4.78 is 1.60. The molecule has 0 bridgehead atoms. The van der Waals surface area contributed by atoms with Crippen molar-refractivity contribution in [2.45, 2.75) is 0 Å². The Morgan fingerprint density at radius 2 is 2.44 bits per heavy atom. The number of nitrogens with one attached hydrogen (secondary N) is 1. The number of carbonyl (C=O) groups is 1. The molecule has 2 aromatic heterocycles. The van der Waals surface area contributed by atoms with Gasteiger partial charge < -0.3 is 10.2 Å². The van der Waals surface area contributed by atoms with E-state index in [-0.39, 0.29) is 5.91 Å². The van der Waals surface area contributed by atoms with Gasteiger partial charge in [0.25, 0.3) is 5.91 Å². The lowest BCUT2D eigenvalue weighted by Gasteiger charge is -2.09. The lowest BCUT2D eigenvalue weighted by molar-refractivity contribution is 0.0946. The minimum absolute atomic E-state index is 0.153. The number of likely N-dealkylation sites (N-methyl/N-ethyl adjacent to an activating group) is 1. The van der Waals surface area contributed by atoms with Crippen LogP contribution in [0, 0.1) is 0 Å². The fraction of sp³-hybridized carbons (Fsp3) is 0.444. The minimum Gasteiger partial charge on any atom is -0.349 e. The van der Waals surface area contributed by atoms with E-state index in [4.69, 9.17) is 0 Å². The molecule has 86 valence electrons. The molecule has 1 N–H and O–H groups in total. The van der Waals surface area contributed by atoms with Gasteiger partial charge >= 0.3 is 0 Å². The molecule has 0 aliphatic carbocycles. The van der Waals surface area contributed by atoms with Crippen LogP contribution in [0.5, 0.6) is 0 Å². The fourth-order valence-corrected chi connectivity index (χ4v) is 1.83. The molecule has 7 heteroatoms. The molecule has 0 saturated heterocycles. The summed E-state index contributed by atoms with van der Waals surface area (Å²) in [6.45, 7) is 1.43. The van der Waals surface area contributed by atoms with Crippen LogP contribution in [-0.4, -0.2) is 52.6 Å². The second-order valence-corrected chi connectivity index (χ2v) is 4.46. The van der Waals surface area contributed by atoms with Crippen molar-refractivity contribution in [2.24, 2.45) is 0 Å². The molecule has 2 heterocycles. The SMILES string of the molecule is CN(C)CCNC(=O)c1cn2ncsc2n1. The van der Waals surface area contributed by atoms with E-state index >= 15 is 0 Å². The number of carbonyl (C=O) groups excluding carboxylic acids is 1. The average Bonchev–Trinajstić information content (AvgIpc) is 2.75. The number of nitrogens with zero attached hydrogens (tertiary/aromatic N) is 4. The van der Waals surface area contributed by atoms with Crippen LogP contribution in [0.15, 0.2) is 11.7 Å². The summed E-state index contributed by atoms with van der Waals surface area (Å²) in [5.41, 5.74) is 2.11. The molecule has 0 aliphatic heterocycles. The number of hydrogen-bond acceptors (Lipinski definition) is 5. The maximum Gasteiger partial charge on any atom is 0.271 e. The first-order chi connectivity index (χ1) is 7.66. The minimum atomic E-state index is -0.153. The Morgan fingerprint density at radius 3 is 3.12 bits per heavy atom. The quantitative estimate of drug-likeness (QED) is 0.821. The molecule has 2 aromatic rings. The van der Waals surface area contributed by atoms with Crippen molar-refractivity contribution >= 4 is 22.2 Å². The number of imidazole rings is 1. The lowest BCUT2D eigenvalue weighted by Crippen LogP contribution is -2.31. The summed E-state index contributed by atoms with van der Waals surface area (Å²) >= 11 is 1.41. The number of amides is 1. The molecule has 0 aliphatic rings. The number of aromatic nitrogens is 3. The molecule has 0 saturated carbocycles. The van der Waals surface area contributed by atoms with E-state index < -0.39 is 0 Å². The summed E-state index contributed by atoms with van der Waals surface area (Å²) in [5.74, 6) is -0.153. The van der Waals surface area contributed by atoms with Gasteiger partial charge in [-0.2, -0.15) is 5.10 Å². The molecule has 0 radical (unpaired) electrons. The zero-order chi connectivity index (χ0) is 11.5. The van der Waals surface area contributed by atoms with Gasteiger partial charge in [-0.1, -0.05) is 11.3 Å². The van der Waals surface area contributed by atoms with Gasteiger partial charge in [-0.15, -0.1) is 0 Å². The van der Waals surface area contributed by atoms with Crippen molar-refractivity contribution in [3.63, 3.8) is 0 Å². The monoisotopic (exact) mass is 239 g/mol. The zero-order valence-electron chi connectivity index (χ0n) is 9.17. The van der Waals surface area contributed by atoms with Gasteiger partial charge in [0, 0.05) is 13.1 Å². The predicted octanol–water partition coefficient (Wildman–Crippen LogP) is 0.0822. The van der Waals surface area contributed by atoms with Gasteiger partial charge in [0.2, 0.25) is 4.96 Å². The van der Waals surface area contributed by atoms with Gasteiger partial charge in [-0.05, 0) is 14.1 Å². The smallest absolute Gasteiger partial charge is 0.271 e. The van der Waals surface area contributed by atoms with Crippen molar-refractivity contribution in [1.29, 1.82) is 0 Å². The Labute approximate surface area is 96.9 Å². The largest absolute Gasteiger partial charge is 0.349 e. The fourth-order valence-electron chi connectivity index (χ4n) is 1.23. The highest BCUT2D eigenvalue weighted by atomic mass is 32.1. The van der Waals surface area contributed by atoms with Gasteiger partial charge in [-0.25, -0.2) is 9.50 Å². The van der Waals surface area contributed by atoms with Crippen molar-refractivity contribution in [3.05, 3.63) is 17.4 Å².